The molecule has 0 saturated carbocycles. The molecule has 1 amide bonds. The molecule has 3 N–H and O–H groups in total. The van der Waals surface area contributed by atoms with E-state index >= 15 is 0 Å². The van der Waals surface area contributed by atoms with Gasteiger partial charge in [-0.3, -0.25) is 4.79 Å². The van der Waals surface area contributed by atoms with Crippen LogP contribution < -0.4 is 15.4 Å². The fraction of sp³-hybridized carbons (Fsp3) is 0.269. The van der Waals surface area contributed by atoms with Gasteiger partial charge in [0.05, 0.1) is 23.6 Å². The van der Waals surface area contributed by atoms with Crippen molar-refractivity contribution in [2.75, 3.05) is 11.9 Å². The number of aliphatic hydroxyl groups excluding tert-OH is 1. The van der Waals surface area contributed by atoms with E-state index in [0.717, 1.165) is 22.3 Å². The quantitative estimate of drug-likeness (QED) is 0.317. The van der Waals surface area contributed by atoms with Crippen molar-refractivity contribution in [1.82, 2.24) is 19.9 Å². The van der Waals surface area contributed by atoms with E-state index in [2.05, 4.69) is 20.6 Å². The number of aromatic nitrogens is 3. The SMILES string of the molecule is CC(C)(C)NC(=O)Cc1cccc(Oc2ccc(Nc3ncnc4ccn(CCO)c34)cc2Cl)c1. The van der Waals surface area contributed by atoms with Crippen LogP contribution in [0.4, 0.5) is 11.5 Å². The molecule has 2 heterocycles. The summed E-state index contributed by atoms with van der Waals surface area (Å²) in [6.07, 6.45) is 3.61. The number of aliphatic hydroxyl groups is 1. The molecule has 2 aromatic carbocycles. The lowest BCUT2D eigenvalue weighted by atomic mass is 10.1. The van der Waals surface area contributed by atoms with Crippen LogP contribution in [0.1, 0.15) is 26.3 Å². The lowest BCUT2D eigenvalue weighted by Crippen LogP contribution is -2.41. The molecule has 0 aliphatic carbocycles. The van der Waals surface area contributed by atoms with Crippen LogP contribution in [0.15, 0.2) is 61.1 Å². The number of nitrogens with zero attached hydrogens (tertiary/aromatic N) is 3. The molecule has 35 heavy (non-hydrogen) atoms. The van der Waals surface area contributed by atoms with E-state index in [9.17, 15) is 9.90 Å². The zero-order chi connectivity index (χ0) is 25.0. The lowest BCUT2D eigenvalue weighted by molar-refractivity contribution is -0.121. The van der Waals surface area contributed by atoms with Crippen LogP contribution in [0.2, 0.25) is 5.02 Å². The fourth-order valence-electron chi connectivity index (χ4n) is 3.71. The van der Waals surface area contributed by atoms with Crippen LogP contribution in [0, 0.1) is 0 Å². The van der Waals surface area contributed by atoms with Gasteiger partial charge in [0.15, 0.2) is 5.82 Å². The van der Waals surface area contributed by atoms with E-state index in [-0.39, 0.29) is 24.5 Å². The third-order valence-electron chi connectivity index (χ3n) is 5.09. The van der Waals surface area contributed by atoms with Crippen molar-refractivity contribution in [1.29, 1.82) is 0 Å². The Morgan fingerprint density at radius 2 is 1.97 bits per heavy atom. The molecule has 0 bridgehead atoms. The Kier molecular flexibility index (Phi) is 7.23. The van der Waals surface area contributed by atoms with E-state index in [1.165, 1.54) is 6.33 Å². The fourth-order valence-corrected chi connectivity index (χ4v) is 3.93. The number of ether oxygens (including phenoxy) is 1. The van der Waals surface area contributed by atoms with Crippen LogP contribution in [0.3, 0.4) is 0 Å². The van der Waals surface area contributed by atoms with Gasteiger partial charge in [0.25, 0.3) is 0 Å². The molecule has 9 heteroatoms. The highest BCUT2D eigenvalue weighted by atomic mass is 35.5. The molecule has 182 valence electrons. The summed E-state index contributed by atoms with van der Waals surface area (Å²) in [5, 5.41) is 16.0. The summed E-state index contributed by atoms with van der Waals surface area (Å²) in [6, 6.07) is 14.6. The van der Waals surface area contributed by atoms with Crippen molar-refractivity contribution in [3.8, 4) is 11.5 Å². The zero-order valence-corrected chi connectivity index (χ0v) is 20.6. The Balaban J connectivity index is 1.49. The molecule has 0 aliphatic rings. The molecule has 0 spiro atoms. The summed E-state index contributed by atoms with van der Waals surface area (Å²) < 4.78 is 7.89. The van der Waals surface area contributed by atoms with Gasteiger partial charge in [-0.1, -0.05) is 23.7 Å². The van der Waals surface area contributed by atoms with E-state index < -0.39 is 0 Å². The number of carbonyl (C=O) groups is 1. The second-order valence-corrected chi connectivity index (χ2v) is 9.59. The maximum atomic E-state index is 12.3. The number of hydrogen-bond acceptors (Lipinski definition) is 6. The third-order valence-corrected chi connectivity index (χ3v) is 5.39. The number of rotatable bonds is 8. The lowest BCUT2D eigenvalue weighted by Gasteiger charge is -2.20. The highest BCUT2D eigenvalue weighted by Gasteiger charge is 2.15. The first kappa shape index (κ1) is 24.5. The van der Waals surface area contributed by atoms with Gasteiger partial charge in [0, 0.05) is 24.0 Å². The van der Waals surface area contributed by atoms with Gasteiger partial charge in [-0.25, -0.2) is 9.97 Å². The summed E-state index contributed by atoms with van der Waals surface area (Å²) in [5.74, 6) is 1.64. The smallest absolute Gasteiger partial charge is 0.224 e. The normalized spacial score (nSPS) is 11.5. The molecule has 0 fully saturated rings. The summed E-state index contributed by atoms with van der Waals surface area (Å²) in [5.41, 5.74) is 2.86. The number of halogens is 1. The second kappa shape index (κ2) is 10.3. The molecule has 4 rings (SSSR count). The van der Waals surface area contributed by atoms with Crippen molar-refractivity contribution in [2.45, 2.75) is 39.3 Å². The van der Waals surface area contributed by atoms with Gasteiger partial charge in [-0.05, 0) is 62.7 Å². The van der Waals surface area contributed by atoms with Crippen molar-refractivity contribution in [3.05, 3.63) is 71.6 Å². The molecule has 0 atom stereocenters. The summed E-state index contributed by atoms with van der Waals surface area (Å²) in [4.78, 5) is 20.9. The van der Waals surface area contributed by atoms with Crippen LogP contribution in [0.5, 0.6) is 11.5 Å². The molecule has 2 aromatic heterocycles. The highest BCUT2D eigenvalue weighted by molar-refractivity contribution is 6.32. The van der Waals surface area contributed by atoms with Crippen LogP contribution >= 0.6 is 11.6 Å². The van der Waals surface area contributed by atoms with E-state index in [1.54, 1.807) is 12.1 Å². The molecular formula is C26H28ClN5O3. The minimum Gasteiger partial charge on any atom is -0.456 e. The van der Waals surface area contributed by atoms with Crippen molar-refractivity contribution in [2.24, 2.45) is 0 Å². The van der Waals surface area contributed by atoms with E-state index in [4.69, 9.17) is 16.3 Å². The number of anilines is 2. The first-order chi connectivity index (χ1) is 16.7. The summed E-state index contributed by atoms with van der Waals surface area (Å²) in [6.45, 7) is 6.30. The van der Waals surface area contributed by atoms with Crippen LogP contribution in [0.25, 0.3) is 11.0 Å². The zero-order valence-electron chi connectivity index (χ0n) is 19.9. The monoisotopic (exact) mass is 493 g/mol. The first-order valence-electron chi connectivity index (χ1n) is 11.3. The van der Waals surface area contributed by atoms with Crippen molar-refractivity contribution < 1.29 is 14.6 Å². The first-order valence-corrected chi connectivity index (χ1v) is 11.6. The predicted molar refractivity (Wildman–Crippen MR) is 137 cm³/mol. The van der Waals surface area contributed by atoms with Gasteiger partial charge in [0.1, 0.15) is 23.3 Å². The number of carbonyl (C=O) groups excluding carboxylic acids is 1. The standard InChI is InChI=1S/C26H28ClN5O3/c1-26(2,3)31-23(34)14-17-5-4-6-19(13-17)35-22-8-7-18(15-20(22)27)30-25-24-21(28-16-29-25)9-10-32(24)11-12-33/h4-10,13,15-16,33H,11-12,14H2,1-3H3,(H,31,34)(H,28,29,30). The number of amides is 1. The van der Waals surface area contributed by atoms with Gasteiger partial charge in [-0.15, -0.1) is 0 Å². The molecule has 0 saturated heterocycles. The van der Waals surface area contributed by atoms with Crippen molar-refractivity contribution >= 4 is 40.0 Å². The average Bonchev–Trinajstić information content (AvgIpc) is 3.19. The number of benzene rings is 2. The minimum atomic E-state index is -0.284. The Bertz CT molecular complexity index is 1350. The van der Waals surface area contributed by atoms with E-state index in [0.29, 0.717) is 28.9 Å². The molecular weight excluding hydrogens is 466 g/mol. The largest absolute Gasteiger partial charge is 0.456 e. The van der Waals surface area contributed by atoms with Crippen molar-refractivity contribution in [3.63, 3.8) is 0 Å². The Labute approximate surface area is 208 Å². The minimum absolute atomic E-state index is 0.0123. The summed E-state index contributed by atoms with van der Waals surface area (Å²) >= 11 is 6.52. The van der Waals surface area contributed by atoms with Crippen LogP contribution in [-0.2, 0) is 17.8 Å². The van der Waals surface area contributed by atoms with Gasteiger partial charge in [-0.2, -0.15) is 0 Å². The maximum Gasteiger partial charge on any atom is 0.224 e. The third kappa shape index (κ3) is 6.29. The van der Waals surface area contributed by atoms with E-state index in [1.807, 2.05) is 67.9 Å². The molecule has 0 aliphatic heterocycles. The summed E-state index contributed by atoms with van der Waals surface area (Å²) in [7, 11) is 0. The molecule has 8 nitrogen and oxygen atoms in total. The van der Waals surface area contributed by atoms with Crippen LogP contribution in [-0.4, -0.2) is 37.7 Å². The number of fused-ring (bicyclic) bond motifs is 1. The highest BCUT2D eigenvalue weighted by Crippen LogP contribution is 2.33. The Morgan fingerprint density at radius 1 is 1.14 bits per heavy atom. The number of nitrogens with one attached hydrogen (secondary N) is 2. The Morgan fingerprint density at radius 3 is 2.71 bits per heavy atom. The number of hydrogen-bond donors (Lipinski definition) is 3. The predicted octanol–water partition coefficient (Wildman–Crippen LogP) is 5.07. The Hall–Kier alpha value is -3.62. The topological polar surface area (TPSA) is 101 Å². The molecule has 0 radical (unpaired) electrons. The van der Waals surface area contributed by atoms with Gasteiger partial charge < -0.3 is 25.0 Å². The molecule has 0 unspecified atom stereocenters. The van der Waals surface area contributed by atoms with Gasteiger partial charge >= 0.3 is 0 Å². The van der Waals surface area contributed by atoms with Gasteiger partial charge in [0.2, 0.25) is 5.91 Å². The average molecular weight is 494 g/mol. The second-order valence-electron chi connectivity index (χ2n) is 9.18. The maximum absolute atomic E-state index is 12.3. The molecule has 4 aromatic rings.